The van der Waals surface area contributed by atoms with E-state index in [-0.39, 0.29) is 5.56 Å². The van der Waals surface area contributed by atoms with Crippen LogP contribution in [0.5, 0.6) is 0 Å². The van der Waals surface area contributed by atoms with Gasteiger partial charge in [0.15, 0.2) is 0 Å². The largest absolute Gasteiger partial charge is 0.368 e. The van der Waals surface area contributed by atoms with Gasteiger partial charge in [-0.2, -0.15) is 5.10 Å². The second kappa shape index (κ2) is 5.27. The smallest absolute Gasteiger partial charge is 0.282 e. The minimum atomic E-state index is -0.136. The van der Waals surface area contributed by atoms with Crippen LogP contribution in [0.3, 0.4) is 0 Å². The molecule has 0 aliphatic rings. The molecule has 0 amide bonds. The molecule has 0 aliphatic heterocycles. The number of aryl methyl sites for hydroxylation is 1. The van der Waals surface area contributed by atoms with Crippen molar-refractivity contribution in [1.29, 1.82) is 0 Å². The average Bonchev–Trinajstić information content (AvgIpc) is 2.24. The van der Waals surface area contributed by atoms with Gasteiger partial charge in [-0.05, 0) is 22.9 Å². The SMILES string of the molecule is CCN(CCN)c1cnn(C)c(=O)c1Br. The molecule has 0 radical (unpaired) electrons. The van der Waals surface area contributed by atoms with E-state index in [1.807, 2.05) is 11.8 Å². The molecule has 0 atom stereocenters. The monoisotopic (exact) mass is 274 g/mol. The first kappa shape index (κ1) is 12.2. The van der Waals surface area contributed by atoms with Crippen LogP contribution in [0, 0.1) is 0 Å². The number of hydrogen-bond acceptors (Lipinski definition) is 4. The van der Waals surface area contributed by atoms with E-state index in [1.54, 1.807) is 13.2 Å². The van der Waals surface area contributed by atoms with Gasteiger partial charge in [-0.25, -0.2) is 4.68 Å². The molecule has 0 bridgehead atoms. The van der Waals surface area contributed by atoms with E-state index >= 15 is 0 Å². The third-order valence-corrected chi connectivity index (χ3v) is 2.93. The van der Waals surface area contributed by atoms with Gasteiger partial charge in [0.05, 0.1) is 11.9 Å². The van der Waals surface area contributed by atoms with Crippen LogP contribution in [0.1, 0.15) is 6.92 Å². The Morgan fingerprint density at radius 2 is 2.33 bits per heavy atom. The molecule has 1 rings (SSSR count). The summed E-state index contributed by atoms with van der Waals surface area (Å²) in [6, 6.07) is 0. The Balaban J connectivity index is 3.13. The fourth-order valence-corrected chi connectivity index (χ4v) is 1.94. The lowest BCUT2D eigenvalue weighted by Gasteiger charge is -2.22. The first-order valence-corrected chi connectivity index (χ1v) is 5.58. The van der Waals surface area contributed by atoms with E-state index in [0.717, 1.165) is 12.2 Å². The average molecular weight is 275 g/mol. The van der Waals surface area contributed by atoms with E-state index in [1.165, 1.54) is 4.68 Å². The lowest BCUT2D eigenvalue weighted by molar-refractivity contribution is 0.694. The van der Waals surface area contributed by atoms with Crippen molar-refractivity contribution in [2.45, 2.75) is 6.92 Å². The van der Waals surface area contributed by atoms with Gasteiger partial charge in [-0.1, -0.05) is 0 Å². The highest BCUT2D eigenvalue weighted by atomic mass is 79.9. The molecule has 0 spiro atoms. The van der Waals surface area contributed by atoms with Gasteiger partial charge in [0.25, 0.3) is 5.56 Å². The number of nitrogens with two attached hydrogens (primary N) is 1. The lowest BCUT2D eigenvalue weighted by Crippen LogP contribution is -2.32. The van der Waals surface area contributed by atoms with E-state index in [4.69, 9.17) is 5.73 Å². The molecule has 1 aromatic rings. The Labute approximate surface area is 97.0 Å². The zero-order chi connectivity index (χ0) is 11.4. The number of anilines is 1. The molecule has 84 valence electrons. The fraction of sp³-hybridized carbons (Fsp3) is 0.556. The summed E-state index contributed by atoms with van der Waals surface area (Å²) in [5, 5.41) is 3.98. The third-order valence-electron chi connectivity index (χ3n) is 2.18. The van der Waals surface area contributed by atoms with Gasteiger partial charge < -0.3 is 10.6 Å². The van der Waals surface area contributed by atoms with Crippen molar-refractivity contribution < 1.29 is 0 Å². The van der Waals surface area contributed by atoms with Crippen molar-refractivity contribution >= 4 is 21.6 Å². The van der Waals surface area contributed by atoms with Gasteiger partial charge in [0.2, 0.25) is 0 Å². The predicted octanol–water partition coefficient (Wildman–Crippen LogP) is 0.328. The Bertz CT molecular complexity index is 390. The van der Waals surface area contributed by atoms with Crippen LogP contribution in [0.25, 0.3) is 0 Å². The molecule has 0 saturated heterocycles. The number of nitrogens with zero attached hydrogens (tertiary/aromatic N) is 3. The van der Waals surface area contributed by atoms with Crippen molar-refractivity contribution in [3.8, 4) is 0 Å². The minimum Gasteiger partial charge on any atom is -0.368 e. The van der Waals surface area contributed by atoms with Crippen molar-refractivity contribution in [3.05, 3.63) is 21.0 Å². The van der Waals surface area contributed by atoms with Crippen molar-refractivity contribution in [2.75, 3.05) is 24.5 Å². The number of hydrogen-bond donors (Lipinski definition) is 1. The Morgan fingerprint density at radius 3 is 2.87 bits per heavy atom. The molecule has 2 N–H and O–H groups in total. The van der Waals surface area contributed by atoms with Crippen LogP contribution in [0.4, 0.5) is 5.69 Å². The molecule has 1 heterocycles. The second-order valence-corrected chi connectivity index (χ2v) is 3.93. The summed E-state index contributed by atoms with van der Waals surface area (Å²) in [5.74, 6) is 0. The van der Waals surface area contributed by atoms with Crippen LogP contribution >= 0.6 is 15.9 Å². The molecule has 15 heavy (non-hydrogen) atoms. The second-order valence-electron chi connectivity index (χ2n) is 3.14. The molecule has 1 aromatic heterocycles. The van der Waals surface area contributed by atoms with Gasteiger partial charge in [-0.3, -0.25) is 4.79 Å². The third kappa shape index (κ3) is 2.57. The Hall–Kier alpha value is -0.880. The highest BCUT2D eigenvalue weighted by Crippen LogP contribution is 2.20. The van der Waals surface area contributed by atoms with E-state index in [9.17, 15) is 4.79 Å². The maximum Gasteiger partial charge on any atom is 0.282 e. The standard InChI is InChI=1S/C9H15BrN4O/c1-3-14(5-4-11)7-6-12-13(2)9(15)8(7)10/h6H,3-5,11H2,1-2H3. The summed E-state index contributed by atoms with van der Waals surface area (Å²) in [6.07, 6.45) is 1.67. The molecular weight excluding hydrogens is 260 g/mol. The minimum absolute atomic E-state index is 0.136. The number of halogens is 1. The van der Waals surface area contributed by atoms with E-state index < -0.39 is 0 Å². The number of likely N-dealkylation sites (N-methyl/N-ethyl adjacent to an activating group) is 1. The summed E-state index contributed by atoms with van der Waals surface area (Å²) in [7, 11) is 1.62. The molecule has 0 saturated carbocycles. The molecule has 0 aliphatic carbocycles. The van der Waals surface area contributed by atoms with E-state index in [0.29, 0.717) is 17.6 Å². The van der Waals surface area contributed by atoms with Gasteiger partial charge in [0.1, 0.15) is 4.47 Å². The summed E-state index contributed by atoms with van der Waals surface area (Å²) >= 11 is 3.29. The summed E-state index contributed by atoms with van der Waals surface area (Å²) < 4.78 is 1.83. The van der Waals surface area contributed by atoms with Crippen molar-refractivity contribution in [2.24, 2.45) is 12.8 Å². The normalized spacial score (nSPS) is 10.4. The van der Waals surface area contributed by atoms with Crippen LogP contribution in [-0.2, 0) is 7.05 Å². The first-order chi connectivity index (χ1) is 7.11. The Morgan fingerprint density at radius 1 is 1.67 bits per heavy atom. The predicted molar refractivity (Wildman–Crippen MR) is 64.1 cm³/mol. The molecule has 6 heteroatoms. The highest BCUT2D eigenvalue weighted by molar-refractivity contribution is 9.10. The Kier molecular flexibility index (Phi) is 4.28. The summed E-state index contributed by atoms with van der Waals surface area (Å²) in [6.45, 7) is 4.07. The van der Waals surface area contributed by atoms with Crippen LogP contribution in [0.2, 0.25) is 0 Å². The quantitative estimate of drug-likeness (QED) is 0.860. The first-order valence-electron chi connectivity index (χ1n) is 4.78. The van der Waals surface area contributed by atoms with E-state index in [2.05, 4.69) is 21.0 Å². The topological polar surface area (TPSA) is 64.2 Å². The van der Waals surface area contributed by atoms with Crippen LogP contribution < -0.4 is 16.2 Å². The molecule has 0 fully saturated rings. The number of rotatable bonds is 4. The zero-order valence-corrected chi connectivity index (χ0v) is 10.5. The maximum atomic E-state index is 11.6. The molecule has 5 nitrogen and oxygen atoms in total. The van der Waals surface area contributed by atoms with Crippen molar-refractivity contribution in [3.63, 3.8) is 0 Å². The van der Waals surface area contributed by atoms with Gasteiger partial charge in [0, 0.05) is 26.7 Å². The summed E-state index contributed by atoms with van der Waals surface area (Å²) in [5.41, 5.74) is 6.16. The summed E-state index contributed by atoms with van der Waals surface area (Å²) in [4.78, 5) is 13.6. The van der Waals surface area contributed by atoms with Gasteiger partial charge in [-0.15, -0.1) is 0 Å². The zero-order valence-electron chi connectivity index (χ0n) is 8.90. The van der Waals surface area contributed by atoms with Crippen LogP contribution in [-0.4, -0.2) is 29.4 Å². The molecular formula is C9H15BrN4O. The van der Waals surface area contributed by atoms with Gasteiger partial charge >= 0.3 is 0 Å². The maximum absolute atomic E-state index is 11.6. The lowest BCUT2D eigenvalue weighted by atomic mass is 10.3. The fourth-order valence-electron chi connectivity index (χ4n) is 1.33. The molecule has 0 unspecified atom stereocenters. The molecule has 0 aromatic carbocycles. The number of aromatic nitrogens is 2. The van der Waals surface area contributed by atoms with Crippen molar-refractivity contribution in [1.82, 2.24) is 9.78 Å². The van der Waals surface area contributed by atoms with Crippen LogP contribution in [0.15, 0.2) is 15.5 Å². The highest BCUT2D eigenvalue weighted by Gasteiger charge is 2.11.